The summed E-state index contributed by atoms with van der Waals surface area (Å²) in [6.45, 7) is 2.36. The molecule has 2 aliphatic rings. The molecule has 3 atom stereocenters. The Morgan fingerprint density at radius 3 is 2.69 bits per heavy atom. The van der Waals surface area contributed by atoms with Crippen molar-refractivity contribution in [2.75, 3.05) is 13.1 Å². The van der Waals surface area contributed by atoms with E-state index in [0.717, 1.165) is 17.8 Å². The number of halogens is 1. The molecule has 1 aromatic heterocycles. The van der Waals surface area contributed by atoms with Crippen LogP contribution in [0.2, 0.25) is 0 Å². The van der Waals surface area contributed by atoms with Crippen LogP contribution in [0.15, 0.2) is 6.20 Å². The normalized spacial score (nSPS) is 35.3. The summed E-state index contributed by atoms with van der Waals surface area (Å²) in [6.07, 6.45) is 1.91. The highest BCUT2D eigenvalue weighted by Crippen LogP contribution is 2.55. The van der Waals surface area contributed by atoms with Crippen LogP contribution >= 0.6 is 12.4 Å². The lowest BCUT2D eigenvalue weighted by molar-refractivity contribution is 0.621. The highest BCUT2D eigenvalue weighted by atomic mass is 35.5. The van der Waals surface area contributed by atoms with Gasteiger partial charge in [0, 0.05) is 13.0 Å². The fraction of sp³-hybridized carbons (Fsp3) is 0.750. The Morgan fingerprint density at radius 1 is 1.46 bits per heavy atom. The molecule has 1 unspecified atom stereocenters. The molecule has 5 heteroatoms. The van der Waals surface area contributed by atoms with E-state index in [-0.39, 0.29) is 12.4 Å². The van der Waals surface area contributed by atoms with Crippen molar-refractivity contribution < 1.29 is 0 Å². The molecule has 3 rings (SSSR count). The molecular formula is C8H13ClN4. The van der Waals surface area contributed by atoms with Gasteiger partial charge in [-0.3, -0.25) is 4.68 Å². The van der Waals surface area contributed by atoms with E-state index in [0.29, 0.717) is 0 Å². The Hall–Kier alpha value is -0.610. The first-order chi connectivity index (χ1) is 5.88. The zero-order valence-electron chi connectivity index (χ0n) is 7.47. The molecule has 1 aromatic rings. The first-order valence-electron chi connectivity index (χ1n) is 4.43. The van der Waals surface area contributed by atoms with E-state index in [4.69, 9.17) is 0 Å². The van der Waals surface area contributed by atoms with Crippen molar-refractivity contribution in [3.8, 4) is 0 Å². The van der Waals surface area contributed by atoms with Gasteiger partial charge in [0.1, 0.15) is 0 Å². The van der Waals surface area contributed by atoms with E-state index in [1.54, 1.807) is 0 Å². The van der Waals surface area contributed by atoms with Gasteiger partial charge in [0.2, 0.25) is 0 Å². The molecule has 1 aliphatic heterocycles. The maximum absolute atomic E-state index is 3.95. The number of hydrogen-bond acceptors (Lipinski definition) is 3. The second kappa shape index (κ2) is 2.96. The molecular weight excluding hydrogens is 188 g/mol. The zero-order chi connectivity index (χ0) is 8.13. The number of piperidine rings is 1. The number of aryl methyl sites for hydroxylation is 1. The van der Waals surface area contributed by atoms with E-state index in [1.807, 2.05) is 17.9 Å². The second-order valence-electron chi connectivity index (χ2n) is 3.79. The van der Waals surface area contributed by atoms with Crippen LogP contribution in [0.3, 0.4) is 0 Å². The van der Waals surface area contributed by atoms with E-state index in [2.05, 4.69) is 15.6 Å². The van der Waals surface area contributed by atoms with Crippen LogP contribution in [-0.4, -0.2) is 28.1 Å². The van der Waals surface area contributed by atoms with Crippen molar-refractivity contribution in [2.45, 2.75) is 5.92 Å². The molecule has 0 bridgehead atoms. The largest absolute Gasteiger partial charge is 0.316 e. The summed E-state index contributed by atoms with van der Waals surface area (Å²) in [7, 11) is 1.98. The molecule has 1 saturated carbocycles. The SMILES string of the molecule is Cl.Cn1nncc1C1[C@H]2CNC[C@@H]12. The summed E-state index contributed by atoms with van der Waals surface area (Å²) < 4.78 is 1.91. The van der Waals surface area contributed by atoms with Gasteiger partial charge in [-0.05, 0) is 24.9 Å². The monoisotopic (exact) mass is 200 g/mol. The molecule has 72 valence electrons. The smallest absolute Gasteiger partial charge is 0.0728 e. The van der Waals surface area contributed by atoms with Gasteiger partial charge in [-0.1, -0.05) is 5.21 Å². The lowest BCUT2D eigenvalue weighted by Gasteiger charge is -2.02. The Kier molecular flexibility index (Phi) is 2.04. The summed E-state index contributed by atoms with van der Waals surface area (Å²) >= 11 is 0. The first kappa shape index (κ1) is 8.97. The molecule has 1 N–H and O–H groups in total. The first-order valence-corrected chi connectivity index (χ1v) is 4.43. The van der Waals surface area contributed by atoms with Crippen molar-refractivity contribution >= 4 is 12.4 Å². The van der Waals surface area contributed by atoms with Gasteiger partial charge >= 0.3 is 0 Å². The van der Waals surface area contributed by atoms with Crippen molar-refractivity contribution in [3.05, 3.63) is 11.9 Å². The molecule has 2 fully saturated rings. The number of nitrogens with one attached hydrogen (secondary N) is 1. The minimum Gasteiger partial charge on any atom is -0.316 e. The molecule has 0 aromatic carbocycles. The highest BCUT2D eigenvalue weighted by Gasteiger charge is 2.54. The van der Waals surface area contributed by atoms with Gasteiger partial charge in [0.05, 0.1) is 11.9 Å². The van der Waals surface area contributed by atoms with Crippen molar-refractivity contribution in [1.82, 2.24) is 20.3 Å². The third kappa shape index (κ3) is 1.16. The van der Waals surface area contributed by atoms with Crippen LogP contribution < -0.4 is 5.32 Å². The standard InChI is InChI=1S/C8H12N4.ClH/c1-12-7(4-10-11-12)8-5-2-9-3-6(5)8;/h4-6,8-9H,2-3H2,1H3;1H/t5-,6+,8?;. The number of fused-ring (bicyclic) bond motifs is 1. The lowest BCUT2D eigenvalue weighted by atomic mass is 10.2. The second-order valence-corrected chi connectivity index (χ2v) is 3.79. The topological polar surface area (TPSA) is 42.7 Å². The van der Waals surface area contributed by atoms with Gasteiger partial charge in [-0.25, -0.2) is 0 Å². The van der Waals surface area contributed by atoms with Gasteiger partial charge in [0.25, 0.3) is 0 Å². The average molecular weight is 201 g/mol. The minimum absolute atomic E-state index is 0. The van der Waals surface area contributed by atoms with Crippen LogP contribution in [0.1, 0.15) is 11.6 Å². The van der Waals surface area contributed by atoms with Crippen molar-refractivity contribution in [2.24, 2.45) is 18.9 Å². The van der Waals surface area contributed by atoms with E-state index >= 15 is 0 Å². The summed E-state index contributed by atoms with van der Waals surface area (Å²) in [6, 6.07) is 0. The molecule has 0 amide bonds. The molecule has 13 heavy (non-hydrogen) atoms. The molecule has 4 nitrogen and oxygen atoms in total. The van der Waals surface area contributed by atoms with Gasteiger partial charge < -0.3 is 5.32 Å². The molecule has 1 aliphatic carbocycles. The fourth-order valence-electron chi connectivity index (χ4n) is 2.46. The minimum atomic E-state index is 0. The zero-order valence-corrected chi connectivity index (χ0v) is 8.29. The number of nitrogens with zero attached hydrogens (tertiary/aromatic N) is 3. The fourth-order valence-corrected chi connectivity index (χ4v) is 2.46. The van der Waals surface area contributed by atoms with E-state index < -0.39 is 0 Å². The molecule has 0 radical (unpaired) electrons. The number of rotatable bonds is 1. The summed E-state index contributed by atoms with van der Waals surface area (Å²) in [5.74, 6) is 2.47. The average Bonchev–Trinajstić information content (AvgIpc) is 2.56. The third-order valence-electron chi connectivity index (χ3n) is 3.18. The van der Waals surface area contributed by atoms with Gasteiger partial charge in [-0.2, -0.15) is 0 Å². The molecule has 2 heterocycles. The highest BCUT2D eigenvalue weighted by molar-refractivity contribution is 5.85. The van der Waals surface area contributed by atoms with Crippen LogP contribution in [0, 0.1) is 11.8 Å². The Balaban J connectivity index is 0.000000653. The summed E-state index contributed by atoms with van der Waals surface area (Å²) in [4.78, 5) is 0. The summed E-state index contributed by atoms with van der Waals surface area (Å²) in [5, 5.41) is 11.2. The lowest BCUT2D eigenvalue weighted by Crippen LogP contribution is -2.15. The van der Waals surface area contributed by atoms with Crippen LogP contribution in [-0.2, 0) is 7.05 Å². The number of aromatic nitrogens is 3. The number of hydrogen-bond donors (Lipinski definition) is 1. The predicted molar refractivity (Wildman–Crippen MR) is 50.8 cm³/mol. The van der Waals surface area contributed by atoms with Crippen LogP contribution in [0.5, 0.6) is 0 Å². The maximum atomic E-state index is 3.95. The van der Waals surface area contributed by atoms with E-state index in [1.165, 1.54) is 18.8 Å². The Bertz CT molecular complexity index is 301. The van der Waals surface area contributed by atoms with Gasteiger partial charge in [-0.15, -0.1) is 17.5 Å². The third-order valence-corrected chi connectivity index (χ3v) is 3.18. The summed E-state index contributed by atoms with van der Waals surface area (Å²) in [5.41, 5.74) is 1.31. The van der Waals surface area contributed by atoms with Crippen LogP contribution in [0.4, 0.5) is 0 Å². The Labute approximate surface area is 83.1 Å². The maximum Gasteiger partial charge on any atom is 0.0728 e. The van der Waals surface area contributed by atoms with E-state index in [9.17, 15) is 0 Å². The van der Waals surface area contributed by atoms with Crippen LogP contribution in [0.25, 0.3) is 0 Å². The molecule has 0 spiro atoms. The quantitative estimate of drug-likeness (QED) is 0.703. The van der Waals surface area contributed by atoms with Gasteiger partial charge in [0.15, 0.2) is 0 Å². The predicted octanol–water partition coefficient (Wildman–Crippen LogP) is 0.170. The van der Waals surface area contributed by atoms with Crippen molar-refractivity contribution in [3.63, 3.8) is 0 Å². The molecule has 1 saturated heterocycles. The Morgan fingerprint density at radius 2 is 2.15 bits per heavy atom. The van der Waals surface area contributed by atoms with Crippen molar-refractivity contribution in [1.29, 1.82) is 0 Å².